The maximum absolute atomic E-state index is 8.86. The second kappa shape index (κ2) is 2.30. The molecule has 0 spiro atoms. The second-order valence-electron chi connectivity index (χ2n) is 3.65. The van der Waals surface area contributed by atoms with Gasteiger partial charge in [0.05, 0.1) is 0 Å². The smallest absolute Gasteiger partial charge is 0.0484 e. The van der Waals surface area contributed by atoms with Crippen LogP contribution < -0.4 is 0 Å². The van der Waals surface area contributed by atoms with Gasteiger partial charge in [-0.15, -0.1) is 0 Å². The van der Waals surface area contributed by atoms with Crippen molar-refractivity contribution in [2.75, 3.05) is 6.61 Å². The Morgan fingerprint density at radius 1 is 1.56 bits per heavy atom. The normalized spacial score (nSPS) is 42.3. The first-order chi connectivity index (χ1) is 4.20. The number of hydrogen-bond acceptors (Lipinski definition) is 1. The van der Waals surface area contributed by atoms with Crippen LogP contribution in [0.1, 0.15) is 33.1 Å². The fourth-order valence-corrected chi connectivity index (χ4v) is 1.75. The third-order valence-electron chi connectivity index (χ3n) is 2.52. The second-order valence-corrected chi connectivity index (χ2v) is 3.65. The van der Waals surface area contributed by atoms with Gasteiger partial charge in [0.1, 0.15) is 0 Å². The summed E-state index contributed by atoms with van der Waals surface area (Å²) in [7, 11) is 0. The van der Waals surface area contributed by atoms with Gasteiger partial charge in [0.15, 0.2) is 0 Å². The molecule has 1 fully saturated rings. The van der Waals surface area contributed by atoms with Gasteiger partial charge >= 0.3 is 0 Å². The third kappa shape index (κ3) is 1.26. The molecule has 0 aromatic carbocycles. The van der Waals surface area contributed by atoms with E-state index in [4.69, 9.17) is 5.11 Å². The lowest BCUT2D eigenvalue weighted by Gasteiger charge is -2.43. The molecule has 0 heterocycles. The highest BCUT2D eigenvalue weighted by Gasteiger charge is 2.38. The minimum absolute atomic E-state index is 0.292. The molecule has 0 bridgehead atoms. The molecule has 1 saturated carbocycles. The molecule has 1 heteroatoms. The molecule has 0 saturated heterocycles. The molecule has 1 nitrogen and oxygen atoms in total. The first-order valence-corrected chi connectivity index (χ1v) is 3.81. The van der Waals surface area contributed by atoms with Gasteiger partial charge in [-0.1, -0.05) is 20.3 Å². The van der Waals surface area contributed by atoms with Crippen LogP contribution in [0.5, 0.6) is 0 Å². The summed E-state index contributed by atoms with van der Waals surface area (Å²) in [4.78, 5) is 0. The Morgan fingerprint density at radius 2 is 2.11 bits per heavy atom. The Balaban J connectivity index is 2.24. The van der Waals surface area contributed by atoms with Crippen molar-refractivity contribution in [1.29, 1.82) is 0 Å². The topological polar surface area (TPSA) is 20.2 Å². The molecule has 0 unspecified atom stereocenters. The van der Waals surface area contributed by atoms with Crippen LogP contribution in [-0.2, 0) is 0 Å². The molecule has 0 radical (unpaired) electrons. The maximum Gasteiger partial charge on any atom is 0.0484 e. The highest BCUT2D eigenvalue weighted by Crippen LogP contribution is 2.46. The highest BCUT2D eigenvalue weighted by atomic mass is 16.3. The van der Waals surface area contributed by atoms with E-state index in [1.165, 1.54) is 19.3 Å². The van der Waals surface area contributed by atoms with Gasteiger partial charge in [-0.2, -0.15) is 0 Å². The molecule has 1 aliphatic rings. The minimum atomic E-state index is 0.292. The first-order valence-electron chi connectivity index (χ1n) is 3.81. The average molecular weight is 128 g/mol. The summed E-state index contributed by atoms with van der Waals surface area (Å²) >= 11 is 0. The molecule has 1 N–H and O–H groups in total. The van der Waals surface area contributed by atoms with Gasteiger partial charge in [-0.25, -0.2) is 0 Å². The van der Waals surface area contributed by atoms with Crippen LogP contribution >= 0.6 is 0 Å². The van der Waals surface area contributed by atoms with Crippen molar-refractivity contribution in [3.8, 4) is 0 Å². The zero-order valence-electron chi connectivity index (χ0n) is 6.35. The van der Waals surface area contributed by atoms with Crippen molar-refractivity contribution in [1.82, 2.24) is 0 Å². The summed E-state index contributed by atoms with van der Waals surface area (Å²) in [5.41, 5.74) is 0.292. The Bertz CT molecular complexity index is 92.7. The van der Waals surface area contributed by atoms with E-state index < -0.39 is 0 Å². The first kappa shape index (κ1) is 7.07. The highest BCUT2D eigenvalue weighted by molar-refractivity contribution is 4.88. The van der Waals surface area contributed by atoms with Crippen molar-refractivity contribution < 1.29 is 5.11 Å². The van der Waals surface area contributed by atoms with Crippen molar-refractivity contribution in [2.45, 2.75) is 33.1 Å². The molecule has 0 amide bonds. The van der Waals surface area contributed by atoms with E-state index >= 15 is 0 Å². The summed E-state index contributed by atoms with van der Waals surface area (Å²) in [6.07, 6.45) is 3.76. The van der Waals surface area contributed by atoms with Crippen LogP contribution in [0.2, 0.25) is 0 Å². The van der Waals surface area contributed by atoms with E-state index in [2.05, 4.69) is 13.8 Å². The number of aliphatic hydroxyl groups excluding tert-OH is 1. The Labute approximate surface area is 57.1 Å². The van der Waals surface area contributed by atoms with Gasteiger partial charge in [0, 0.05) is 6.61 Å². The van der Waals surface area contributed by atoms with Crippen molar-refractivity contribution >= 4 is 0 Å². The van der Waals surface area contributed by atoms with Crippen LogP contribution in [-0.4, -0.2) is 11.7 Å². The summed E-state index contributed by atoms with van der Waals surface area (Å²) < 4.78 is 0. The molecule has 9 heavy (non-hydrogen) atoms. The van der Waals surface area contributed by atoms with Gasteiger partial charge in [-0.3, -0.25) is 0 Å². The fraction of sp³-hybridized carbons (Fsp3) is 1.00. The van der Waals surface area contributed by atoms with E-state index in [9.17, 15) is 0 Å². The van der Waals surface area contributed by atoms with Gasteiger partial charge < -0.3 is 5.11 Å². The SMILES string of the molecule is CCC1CC(C)(CO)C1. The van der Waals surface area contributed by atoms with Crippen LogP contribution in [0, 0.1) is 11.3 Å². The van der Waals surface area contributed by atoms with Crippen molar-refractivity contribution in [3.05, 3.63) is 0 Å². The van der Waals surface area contributed by atoms with E-state index in [1.807, 2.05) is 0 Å². The van der Waals surface area contributed by atoms with Gasteiger partial charge in [0.2, 0.25) is 0 Å². The molecular formula is C8H16O. The van der Waals surface area contributed by atoms with Crippen molar-refractivity contribution in [2.24, 2.45) is 11.3 Å². The lowest BCUT2D eigenvalue weighted by molar-refractivity contribution is 0.0102. The summed E-state index contributed by atoms with van der Waals surface area (Å²) in [5.74, 6) is 0.905. The number of aliphatic hydroxyl groups is 1. The number of hydrogen-bond donors (Lipinski definition) is 1. The minimum Gasteiger partial charge on any atom is -0.396 e. The van der Waals surface area contributed by atoms with Gasteiger partial charge in [0.25, 0.3) is 0 Å². The zero-order chi connectivity index (χ0) is 6.91. The molecule has 0 aromatic heterocycles. The van der Waals surface area contributed by atoms with E-state index in [0.717, 1.165) is 5.92 Å². The largest absolute Gasteiger partial charge is 0.396 e. The Morgan fingerprint density at radius 3 is 2.44 bits per heavy atom. The van der Waals surface area contributed by atoms with Crippen LogP contribution in [0.3, 0.4) is 0 Å². The van der Waals surface area contributed by atoms with Crippen molar-refractivity contribution in [3.63, 3.8) is 0 Å². The lowest BCUT2D eigenvalue weighted by atomic mass is 9.63. The van der Waals surface area contributed by atoms with E-state index in [0.29, 0.717) is 12.0 Å². The van der Waals surface area contributed by atoms with E-state index in [1.54, 1.807) is 0 Å². The quantitative estimate of drug-likeness (QED) is 0.601. The molecule has 0 atom stereocenters. The van der Waals surface area contributed by atoms with Crippen LogP contribution in [0.4, 0.5) is 0 Å². The molecule has 1 rings (SSSR count). The number of rotatable bonds is 2. The summed E-state index contributed by atoms with van der Waals surface area (Å²) in [6.45, 7) is 4.77. The molecule has 0 aliphatic heterocycles. The van der Waals surface area contributed by atoms with Crippen LogP contribution in [0.25, 0.3) is 0 Å². The van der Waals surface area contributed by atoms with Crippen LogP contribution in [0.15, 0.2) is 0 Å². The molecular weight excluding hydrogens is 112 g/mol. The summed E-state index contributed by atoms with van der Waals surface area (Å²) in [6, 6.07) is 0. The standard InChI is InChI=1S/C8H16O/c1-3-7-4-8(2,5-7)6-9/h7,9H,3-6H2,1-2H3. The molecule has 0 aromatic rings. The lowest BCUT2D eigenvalue weighted by Crippen LogP contribution is -2.37. The summed E-state index contributed by atoms with van der Waals surface area (Å²) in [5, 5.41) is 8.86. The zero-order valence-corrected chi connectivity index (χ0v) is 6.35. The third-order valence-corrected chi connectivity index (χ3v) is 2.52. The predicted octanol–water partition coefficient (Wildman–Crippen LogP) is 1.80. The monoisotopic (exact) mass is 128 g/mol. The average Bonchev–Trinajstić information content (AvgIpc) is 1.81. The Kier molecular flexibility index (Phi) is 1.80. The maximum atomic E-state index is 8.86. The Hall–Kier alpha value is -0.0400. The van der Waals surface area contributed by atoms with E-state index in [-0.39, 0.29) is 0 Å². The molecule has 1 aliphatic carbocycles. The predicted molar refractivity (Wildman–Crippen MR) is 38.2 cm³/mol. The van der Waals surface area contributed by atoms with Gasteiger partial charge in [-0.05, 0) is 24.2 Å². The molecule has 54 valence electrons. The fourth-order valence-electron chi connectivity index (χ4n) is 1.75.